The van der Waals surface area contributed by atoms with Gasteiger partial charge in [0.1, 0.15) is 11.4 Å². The minimum Gasteiger partial charge on any atom is -0.465 e. The molecular weight excluding hydrogens is 578 g/mol. The number of methoxy groups -OCH3 is 1. The van der Waals surface area contributed by atoms with Crippen LogP contribution < -0.4 is 16.4 Å². The van der Waals surface area contributed by atoms with Crippen LogP contribution in [0.2, 0.25) is 10.0 Å². The molecule has 4 N–H and O–H groups in total. The Labute approximate surface area is 243 Å². The zero-order valence-electron chi connectivity index (χ0n) is 21.7. The summed E-state index contributed by atoms with van der Waals surface area (Å²) in [4.78, 5) is 51.4. The van der Waals surface area contributed by atoms with E-state index in [9.17, 15) is 24.5 Å². The second-order valence-corrected chi connectivity index (χ2v) is 10.8. The number of hydrogen-bond acceptors (Lipinski definition) is 8. The van der Waals surface area contributed by atoms with Crippen molar-refractivity contribution in [3.8, 4) is 0 Å². The van der Waals surface area contributed by atoms with Gasteiger partial charge in [-0.05, 0) is 42.8 Å². The molecule has 1 unspecified atom stereocenters. The summed E-state index contributed by atoms with van der Waals surface area (Å²) in [6, 6.07) is 8.43. The maximum Gasteiger partial charge on any atom is 0.338 e. The Morgan fingerprint density at radius 3 is 2.59 bits per heavy atom. The zero-order valence-corrected chi connectivity index (χ0v) is 23.2. The molecule has 2 aliphatic rings. The largest absolute Gasteiger partial charge is 0.465 e. The highest BCUT2D eigenvalue weighted by Crippen LogP contribution is 2.54. The van der Waals surface area contributed by atoms with E-state index in [0.29, 0.717) is 21.8 Å². The van der Waals surface area contributed by atoms with Gasteiger partial charge in [0.15, 0.2) is 5.78 Å². The number of rotatable bonds is 6. The molecule has 4 atom stereocenters. The van der Waals surface area contributed by atoms with E-state index >= 15 is 4.39 Å². The third kappa shape index (κ3) is 4.50. The van der Waals surface area contributed by atoms with Crippen LogP contribution in [0.4, 0.5) is 15.8 Å². The van der Waals surface area contributed by atoms with E-state index in [4.69, 9.17) is 33.7 Å². The van der Waals surface area contributed by atoms with E-state index in [1.54, 1.807) is 6.92 Å². The highest BCUT2D eigenvalue weighted by molar-refractivity contribution is 6.31. The van der Waals surface area contributed by atoms with Crippen molar-refractivity contribution in [2.75, 3.05) is 18.2 Å². The first-order chi connectivity index (χ1) is 19.4. The summed E-state index contributed by atoms with van der Waals surface area (Å²) >= 11 is 12.2. The second-order valence-electron chi connectivity index (χ2n) is 9.97. The Bertz CT molecular complexity index is 1650. The van der Waals surface area contributed by atoms with E-state index in [1.165, 1.54) is 55.6 Å². The standard InChI is InChI=1S/C28H23Cl2FN4O6/c1-12-8-16(19(32)10-15(12)26(37)41-2)22(36)11-21-25(35(39)40)23(14-4-3-5-18(30)24(14)31)28(34-21)17-7-6-13(29)9-20(17)33-27(28)38/h3-10,21,23,25,34H,11,32H2,1-2H3,(H,33,38)/t21-,23-,25?,28+/m0/s1. The molecule has 0 aliphatic carbocycles. The van der Waals surface area contributed by atoms with Gasteiger partial charge < -0.3 is 15.8 Å². The number of hydrogen-bond donors (Lipinski definition) is 3. The van der Waals surface area contributed by atoms with Crippen molar-refractivity contribution >= 4 is 52.2 Å². The van der Waals surface area contributed by atoms with Crippen molar-refractivity contribution in [2.45, 2.75) is 36.9 Å². The van der Waals surface area contributed by atoms with Gasteiger partial charge in [-0.2, -0.15) is 0 Å². The number of fused-ring (bicyclic) bond motifs is 2. The van der Waals surface area contributed by atoms with Gasteiger partial charge >= 0.3 is 5.97 Å². The number of carbonyl (C=O) groups is 3. The van der Waals surface area contributed by atoms with Gasteiger partial charge in [0.05, 0.1) is 29.7 Å². The topological polar surface area (TPSA) is 154 Å². The van der Waals surface area contributed by atoms with Crippen molar-refractivity contribution in [3.05, 3.63) is 102 Å². The normalized spacial score (nSPS) is 22.9. The van der Waals surface area contributed by atoms with Gasteiger partial charge in [-0.15, -0.1) is 0 Å². The lowest BCUT2D eigenvalue weighted by atomic mass is 9.74. The molecule has 3 aromatic carbocycles. The lowest BCUT2D eigenvalue weighted by molar-refractivity contribution is -0.526. The lowest BCUT2D eigenvalue weighted by Crippen LogP contribution is -2.49. The molecule has 1 amide bonds. The minimum absolute atomic E-state index is 0.0256. The fourth-order valence-corrected chi connectivity index (χ4v) is 6.29. The van der Waals surface area contributed by atoms with Crippen molar-refractivity contribution in [1.82, 2.24) is 5.32 Å². The molecule has 1 spiro atoms. The molecule has 41 heavy (non-hydrogen) atoms. The molecule has 1 saturated heterocycles. The fourth-order valence-electron chi connectivity index (χ4n) is 5.94. The number of anilines is 2. The Kier molecular flexibility index (Phi) is 7.22. The van der Waals surface area contributed by atoms with Crippen LogP contribution in [0.5, 0.6) is 0 Å². The second kappa shape index (κ2) is 10.4. The maximum atomic E-state index is 15.5. The van der Waals surface area contributed by atoms with E-state index in [-0.39, 0.29) is 27.4 Å². The molecule has 10 nitrogen and oxygen atoms in total. The Hall–Kier alpha value is -4.06. The number of nitrogens with one attached hydrogen (secondary N) is 2. The Morgan fingerprint density at radius 2 is 1.90 bits per heavy atom. The molecule has 0 radical (unpaired) electrons. The first kappa shape index (κ1) is 28.5. The SMILES string of the molecule is COC(=O)c1cc(N)c(C(=O)C[C@@H]2N[C@@]3(C(=O)Nc4cc(Cl)ccc43)[C@@H](c3cccc(Cl)c3F)C2[N+](=O)[O-])cc1C. The predicted octanol–water partition coefficient (Wildman–Crippen LogP) is 4.63. The Balaban J connectivity index is 1.64. The van der Waals surface area contributed by atoms with Gasteiger partial charge in [-0.3, -0.25) is 25.0 Å². The van der Waals surface area contributed by atoms with Crippen LogP contribution in [0.25, 0.3) is 0 Å². The van der Waals surface area contributed by atoms with Crippen molar-refractivity contribution in [1.29, 1.82) is 0 Å². The average Bonchev–Trinajstić information content (AvgIpc) is 3.39. The molecule has 13 heteroatoms. The number of amides is 1. The summed E-state index contributed by atoms with van der Waals surface area (Å²) in [5, 5.41) is 18.4. The third-order valence-corrected chi connectivity index (χ3v) is 8.24. The fraction of sp³-hybridized carbons (Fsp3) is 0.250. The highest BCUT2D eigenvalue weighted by Gasteiger charge is 2.67. The van der Waals surface area contributed by atoms with Crippen LogP contribution in [0.1, 0.15) is 49.7 Å². The lowest BCUT2D eigenvalue weighted by Gasteiger charge is -2.30. The van der Waals surface area contributed by atoms with Gasteiger partial charge in [0, 0.05) is 44.4 Å². The van der Waals surface area contributed by atoms with E-state index in [0.717, 1.165) is 0 Å². The van der Waals surface area contributed by atoms with Crippen LogP contribution >= 0.6 is 23.2 Å². The van der Waals surface area contributed by atoms with E-state index in [2.05, 4.69) is 10.6 Å². The number of benzene rings is 3. The van der Waals surface area contributed by atoms with E-state index < -0.39 is 58.4 Å². The summed E-state index contributed by atoms with van der Waals surface area (Å²) in [5.74, 6) is -4.20. The highest BCUT2D eigenvalue weighted by atomic mass is 35.5. The number of ketones is 1. The van der Waals surface area contributed by atoms with Crippen LogP contribution in [0.3, 0.4) is 0 Å². The molecule has 5 rings (SSSR count). The number of ether oxygens (including phenoxy) is 1. The summed E-state index contributed by atoms with van der Waals surface area (Å²) in [7, 11) is 1.21. The maximum absolute atomic E-state index is 15.5. The van der Waals surface area contributed by atoms with Crippen molar-refractivity contribution in [2.24, 2.45) is 0 Å². The van der Waals surface area contributed by atoms with Gasteiger partial charge in [0.25, 0.3) is 0 Å². The first-order valence-corrected chi connectivity index (χ1v) is 13.1. The van der Waals surface area contributed by atoms with Crippen LogP contribution in [0.15, 0.2) is 48.5 Å². The number of esters is 1. The number of aryl methyl sites for hydroxylation is 1. The van der Waals surface area contributed by atoms with Crippen molar-refractivity contribution in [3.63, 3.8) is 0 Å². The summed E-state index contributed by atoms with van der Waals surface area (Å²) in [6.07, 6.45) is -0.469. The molecule has 0 saturated carbocycles. The molecule has 3 aromatic rings. The number of nitrogens with zero attached hydrogens (tertiary/aromatic N) is 1. The zero-order chi connectivity index (χ0) is 29.8. The first-order valence-electron chi connectivity index (χ1n) is 12.4. The predicted molar refractivity (Wildman–Crippen MR) is 149 cm³/mol. The van der Waals surface area contributed by atoms with Gasteiger partial charge in [-0.25, -0.2) is 9.18 Å². The Morgan fingerprint density at radius 1 is 1.17 bits per heavy atom. The van der Waals surface area contributed by atoms with E-state index in [1.807, 2.05) is 0 Å². The number of Topliss-reactive ketones (excluding diaryl/α,β-unsaturated/α-hetero) is 1. The number of carbonyl (C=O) groups excluding carboxylic acids is 3. The monoisotopic (exact) mass is 600 g/mol. The van der Waals surface area contributed by atoms with Crippen LogP contribution in [0, 0.1) is 22.9 Å². The number of nitrogens with two attached hydrogens (primary N) is 1. The molecule has 1 fully saturated rings. The van der Waals surface area contributed by atoms with Gasteiger partial charge in [-0.1, -0.05) is 41.4 Å². The number of nitro groups is 1. The quantitative estimate of drug-likeness (QED) is 0.122. The van der Waals surface area contributed by atoms with Crippen molar-refractivity contribution < 1.29 is 28.4 Å². The number of halogens is 3. The summed E-state index contributed by atoms with van der Waals surface area (Å²) in [5.41, 5.74) is 5.32. The average molecular weight is 601 g/mol. The molecule has 2 heterocycles. The summed E-state index contributed by atoms with van der Waals surface area (Å²) < 4.78 is 20.3. The van der Waals surface area contributed by atoms with Crippen LogP contribution in [-0.2, 0) is 15.1 Å². The summed E-state index contributed by atoms with van der Waals surface area (Å²) in [6.45, 7) is 1.59. The molecular formula is C28H23Cl2FN4O6. The molecule has 0 bridgehead atoms. The molecule has 212 valence electrons. The molecule has 2 aliphatic heterocycles. The van der Waals surface area contributed by atoms with Gasteiger partial charge in [0.2, 0.25) is 11.9 Å². The minimum atomic E-state index is -1.83. The smallest absolute Gasteiger partial charge is 0.338 e. The van der Waals surface area contributed by atoms with Crippen LogP contribution in [-0.4, -0.2) is 41.8 Å². The molecule has 0 aromatic heterocycles. The number of nitrogen functional groups attached to an aromatic ring is 1. The third-order valence-electron chi connectivity index (χ3n) is 7.71.